The fourth-order valence-electron chi connectivity index (χ4n) is 1.83. The zero-order chi connectivity index (χ0) is 14.2. The Balaban J connectivity index is 0. The predicted octanol–water partition coefficient (Wildman–Crippen LogP) is 1.62. The van der Waals surface area contributed by atoms with Gasteiger partial charge in [-0.2, -0.15) is 0 Å². The fourth-order valence-corrected chi connectivity index (χ4v) is 1.83. The lowest BCUT2D eigenvalue weighted by Crippen LogP contribution is -2.34. The summed E-state index contributed by atoms with van der Waals surface area (Å²) in [6, 6.07) is 0. The molecule has 0 aliphatic heterocycles. The Kier molecular flexibility index (Phi) is 20.4. The number of carboxylic acid groups (broad SMARTS) is 1. The van der Waals surface area contributed by atoms with Crippen LogP contribution in [0.25, 0.3) is 0 Å². The maximum absolute atomic E-state index is 10.2. The lowest BCUT2D eigenvalue weighted by Gasteiger charge is -2.07. The van der Waals surface area contributed by atoms with Crippen molar-refractivity contribution in [2.75, 3.05) is 39.3 Å². The molecule has 0 saturated carbocycles. The van der Waals surface area contributed by atoms with Crippen molar-refractivity contribution in [1.29, 1.82) is 0 Å². The van der Waals surface area contributed by atoms with E-state index in [1.165, 1.54) is 38.5 Å². The Hall–Kier alpha value is -0.360. The van der Waals surface area contributed by atoms with Crippen LogP contribution >= 0.6 is 12.4 Å². The van der Waals surface area contributed by atoms with E-state index in [1.807, 2.05) is 0 Å². The van der Waals surface area contributed by atoms with Crippen molar-refractivity contribution in [2.45, 2.75) is 45.4 Å². The zero-order valence-electron chi connectivity index (χ0n) is 12.7. The molecule has 0 radical (unpaired) electrons. The molecule has 4 N–H and O–H groups in total. The monoisotopic (exact) mass is 309 g/mol. The van der Waals surface area contributed by atoms with Gasteiger partial charge in [-0.3, -0.25) is 4.79 Å². The van der Waals surface area contributed by atoms with Gasteiger partial charge in [-0.15, -0.1) is 12.4 Å². The van der Waals surface area contributed by atoms with Gasteiger partial charge in [-0.05, 0) is 13.0 Å². The van der Waals surface area contributed by atoms with Gasteiger partial charge in [0, 0.05) is 26.2 Å². The van der Waals surface area contributed by atoms with Gasteiger partial charge in [0.25, 0.3) is 0 Å². The zero-order valence-corrected chi connectivity index (χ0v) is 13.6. The van der Waals surface area contributed by atoms with Crippen LogP contribution in [0.4, 0.5) is 0 Å². The van der Waals surface area contributed by atoms with E-state index in [2.05, 4.69) is 22.9 Å². The summed E-state index contributed by atoms with van der Waals surface area (Å²) < 4.78 is 0. The molecule has 0 spiro atoms. The summed E-state index contributed by atoms with van der Waals surface area (Å²) >= 11 is 0. The van der Waals surface area contributed by atoms with Gasteiger partial charge >= 0.3 is 5.97 Å². The van der Waals surface area contributed by atoms with Gasteiger partial charge in [0.2, 0.25) is 0 Å². The third kappa shape index (κ3) is 20.0. The van der Waals surface area contributed by atoms with Crippen molar-refractivity contribution in [3.05, 3.63) is 0 Å². The molecular formula is C14H32ClN3O2. The molecule has 0 aromatic carbocycles. The summed E-state index contributed by atoms with van der Waals surface area (Å²) in [6.45, 7) is 6.81. The molecule has 0 aromatic heterocycles. The highest BCUT2D eigenvalue weighted by molar-refractivity contribution is 5.85. The van der Waals surface area contributed by atoms with E-state index in [0.717, 1.165) is 26.2 Å². The fraction of sp³-hybridized carbons (Fsp3) is 0.929. The van der Waals surface area contributed by atoms with Crippen LogP contribution in [0.5, 0.6) is 0 Å². The highest BCUT2D eigenvalue weighted by Crippen LogP contribution is 2.03. The molecule has 6 heteroatoms. The second-order valence-electron chi connectivity index (χ2n) is 4.84. The number of carbonyl (C=O) groups is 1. The van der Waals surface area contributed by atoms with Gasteiger partial charge < -0.3 is 21.1 Å². The first-order valence-electron chi connectivity index (χ1n) is 7.61. The smallest absolute Gasteiger partial charge is 0.317 e. The number of carboxylic acids is 1. The minimum Gasteiger partial charge on any atom is -0.480 e. The van der Waals surface area contributed by atoms with Crippen LogP contribution < -0.4 is 16.0 Å². The van der Waals surface area contributed by atoms with Gasteiger partial charge in [0.05, 0.1) is 6.54 Å². The van der Waals surface area contributed by atoms with Gasteiger partial charge in [0.15, 0.2) is 0 Å². The van der Waals surface area contributed by atoms with Crippen molar-refractivity contribution in [3.63, 3.8) is 0 Å². The van der Waals surface area contributed by atoms with Crippen molar-refractivity contribution >= 4 is 18.4 Å². The largest absolute Gasteiger partial charge is 0.480 e. The Morgan fingerprint density at radius 3 is 1.90 bits per heavy atom. The Morgan fingerprint density at radius 1 is 0.800 bits per heavy atom. The molecule has 0 rings (SSSR count). The van der Waals surface area contributed by atoms with E-state index in [9.17, 15) is 4.79 Å². The molecule has 122 valence electrons. The maximum Gasteiger partial charge on any atom is 0.317 e. The molecule has 0 aliphatic rings. The minimum atomic E-state index is -0.805. The summed E-state index contributed by atoms with van der Waals surface area (Å²) in [6.07, 6.45) is 8.02. The van der Waals surface area contributed by atoms with Crippen LogP contribution in [0, 0.1) is 0 Å². The number of hydrogen-bond donors (Lipinski definition) is 4. The van der Waals surface area contributed by atoms with Crippen LogP contribution in [-0.2, 0) is 4.79 Å². The number of rotatable bonds is 15. The highest BCUT2D eigenvalue weighted by Gasteiger charge is 1.94. The van der Waals surface area contributed by atoms with E-state index in [1.54, 1.807) is 0 Å². The average molecular weight is 310 g/mol. The van der Waals surface area contributed by atoms with Gasteiger partial charge in [-0.25, -0.2) is 0 Å². The predicted molar refractivity (Wildman–Crippen MR) is 86.9 cm³/mol. The van der Waals surface area contributed by atoms with Crippen molar-refractivity contribution in [2.24, 2.45) is 0 Å². The lowest BCUT2D eigenvalue weighted by atomic mass is 10.1. The maximum atomic E-state index is 10.2. The molecule has 0 amide bonds. The van der Waals surface area contributed by atoms with Gasteiger partial charge in [0.1, 0.15) is 0 Å². The average Bonchev–Trinajstić information content (AvgIpc) is 2.39. The molecule has 0 fully saturated rings. The summed E-state index contributed by atoms with van der Waals surface area (Å²) in [5.74, 6) is -0.805. The topological polar surface area (TPSA) is 73.4 Å². The molecule has 0 atom stereocenters. The third-order valence-corrected chi connectivity index (χ3v) is 2.94. The Labute approximate surface area is 129 Å². The molecule has 0 saturated heterocycles. The van der Waals surface area contributed by atoms with Crippen LogP contribution in [0.3, 0.4) is 0 Å². The quantitative estimate of drug-likeness (QED) is 0.346. The van der Waals surface area contributed by atoms with Crippen LogP contribution in [-0.4, -0.2) is 50.3 Å². The number of hydrogen-bond acceptors (Lipinski definition) is 4. The molecule has 0 aliphatic carbocycles. The number of unbranched alkanes of at least 4 members (excludes halogenated alkanes) is 5. The molecule has 0 heterocycles. The Bertz CT molecular complexity index is 207. The molecule has 5 nitrogen and oxygen atoms in total. The lowest BCUT2D eigenvalue weighted by molar-refractivity contribution is -0.135. The minimum absolute atomic E-state index is 0. The molecular weight excluding hydrogens is 278 g/mol. The van der Waals surface area contributed by atoms with E-state index in [0.29, 0.717) is 6.54 Å². The highest BCUT2D eigenvalue weighted by atomic mass is 35.5. The van der Waals surface area contributed by atoms with Crippen molar-refractivity contribution in [3.8, 4) is 0 Å². The molecule has 20 heavy (non-hydrogen) atoms. The molecule has 0 aromatic rings. The third-order valence-electron chi connectivity index (χ3n) is 2.94. The second kappa shape index (κ2) is 18.6. The summed E-state index contributed by atoms with van der Waals surface area (Å²) in [4.78, 5) is 10.2. The van der Waals surface area contributed by atoms with Gasteiger partial charge in [-0.1, -0.05) is 39.0 Å². The summed E-state index contributed by atoms with van der Waals surface area (Å²) in [7, 11) is 0. The van der Waals surface area contributed by atoms with E-state index < -0.39 is 5.97 Å². The number of halogens is 1. The second-order valence-corrected chi connectivity index (χ2v) is 4.84. The van der Waals surface area contributed by atoms with Crippen LogP contribution in [0.2, 0.25) is 0 Å². The van der Waals surface area contributed by atoms with Crippen LogP contribution in [0.15, 0.2) is 0 Å². The normalized spacial score (nSPS) is 10.2. The first-order chi connectivity index (χ1) is 9.27. The SMILES string of the molecule is CCCCCCCCNCCNCCNCC(=O)O.Cl. The van der Waals surface area contributed by atoms with Crippen LogP contribution in [0.1, 0.15) is 45.4 Å². The molecule has 0 bridgehead atoms. The first kappa shape index (κ1) is 21.9. The number of aliphatic carboxylic acids is 1. The summed E-state index contributed by atoms with van der Waals surface area (Å²) in [5, 5.41) is 17.9. The van der Waals surface area contributed by atoms with Crippen molar-refractivity contribution < 1.29 is 9.90 Å². The van der Waals surface area contributed by atoms with E-state index >= 15 is 0 Å². The standard InChI is InChI=1S/C14H31N3O2.ClH/c1-2-3-4-5-6-7-8-15-9-10-16-11-12-17-13-14(18)19;/h15-17H,2-13H2,1H3,(H,18,19);1H. The van der Waals surface area contributed by atoms with E-state index in [4.69, 9.17) is 5.11 Å². The number of nitrogens with one attached hydrogen (secondary N) is 3. The summed E-state index contributed by atoms with van der Waals surface area (Å²) in [5.41, 5.74) is 0. The molecule has 0 unspecified atom stereocenters. The van der Waals surface area contributed by atoms with Crippen molar-refractivity contribution in [1.82, 2.24) is 16.0 Å². The Morgan fingerprint density at radius 2 is 1.30 bits per heavy atom. The van der Waals surface area contributed by atoms with E-state index in [-0.39, 0.29) is 19.0 Å². The first-order valence-corrected chi connectivity index (χ1v) is 7.61.